The molecular formula is C13H20FN. The topological polar surface area (TPSA) is 12.0 Å². The number of hydrogen-bond donors (Lipinski definition) is 1. The van der Waals surface area contributed by atoms with Crippen LogP contribution in [-0.4, -0.2) is 13.1 Å². The number of rotatable bonds is 5. The SMILES string of the molecule is CCC(NC)C(C)Cc1ccc(F)cc1. The van der Waals surface area contributed by atoms with E-state index in [1.807, 2.05) is 19.2 Å². The van der Waals surface area contributed by atoms with Crippen molar-refractivity contribution in [3.63, 3.8) is 0 Å². The summed E-state index contributed by atoms with van der Waals surface area (Å²) in [6, 6.07) is 7.34. The smallest absolute Gasteiger partial charge is 0.123 e. The van der Waals surface area contributed by atoms with Crippen molar-refractivity contribution in [3.05, 3.63) is 35.6 Å². The third-order valence-corrected chi connectivity index (χ3v) is 2.97. The second-order valence-corrected chi connectivity index (χ2v) is 4.11. The van der Waals surface area contributed by atoms with Crippen LogP contribution in [0.3, 0.4) is 0 Å². The van der Waals surface area contributed by atoms with Crippen molar-refractivity contribution in [2.45, 2.75) is 32.7 Å². The summed E-state index contributed by atoms with van der Waals surface area (Å²) in [6.07, 6.45) is 2.12. The Bertz CT molecular complexity index is 277. The van der Waals surface area contributed by atoms with Crippen molar-refractivity contribution < 1.29 is 4.39 Å². The van der Waals surface area contributed by atoms with Crippen molar-refractivity contribution in [3.8, 4) is 0 Å². The molecule has 0 bridgehead atoms. The van der Waals surface area contributed by atoms with Crippen LogP contribution in [0.5, 0.6) is 0 Å². The van der Waals surface area contributed by atoms with E-state index in [0.29, 0.717) is 12.0 Å². The van der Waals surface area contributed by atoms with Crippen molar-refractivity contribution in [2.75, 3.05) is 7.05 Å². The summed E-state index contributed by atoms with van der Waals surface area (Å²) >= 11 is 0. The van der Waals surface area contributed by atoms with Gasteiger partial charge in [0.05, 0.1) is 0 Å². The molecule has 0 aliphatic rings. The zero-order chi connectivity index (χ0) is 11.3. The van der Waals surface area contributed by atoms with Crippen LogP contribution in [0.15, 0.2) is 24.3 Å². The first-order chi connectivity index (χ1) is 7.17. The molecule has 1 nitrogen and oxygen atoms in total. The molecular weight excluding hydrogens is 189 g/mol. The molecule has 0 spiro atoms. The number of hydrogen-bond acceptors (Lipinski definition) is 1. The maximum absolute atomic E-state index is 12.7. The summed E-state index contributed by atoms with van der Waals surface area (Å²) in [5.41, 5.74) is 1.21. The predicted octanol–water partition coefficient (Wildman–Crippen LogP) is 3.00. The van der Waals surface area contributed by atoms with Gasteiger partial charge in [-0.15, -0.1) is 0 Å². The van der Waals surface area contributed by atoms with Gasteiger partial charge in [-0.2, -0.15) is 0 Å². The molecule has 0 fully saturated rings. The molecule has 0 radical (unpaired) electrons. The predicted molar refractivity (Wildman–Crippen MR) is 62.4 cm³/mol. The maximum atomic E-state index is 12.7. The summed E-state index contributed by atoms with van der Waals surface area (Å²) in [5.74, 6) is 0.414. The fourth-order valence-electron chi connectivity index (χ4n) is 2.03. The van der Waals surface area contributed by atoms with E-state index < -0.39 is 0 Å². The van der Waals surface area contributed by atoms with Crippen LogP contribution in [0.4, 0.5) is 4.39 Å². The second-order valence-electron chi connectivity index (χ2n) is 4.11. The van der Waals surface area contributed by atoms with Crippen molar-refractivity contribution in [1.82, 2.24) is 5.32 Å². The van der Waals surface area contributed by atoms with Gasteiger partial charge < -0.3 is 5.32 Å². The van der Waals surface area contributed by atoms with Gasteiger partial charge in [-0.1, -0.05) is 26.0 Å². The molecule has 1 N–H and O–H groups in total. The first-order valence-electron chi connectivity index (χ1n) is 5.59. The van der Waals surface area contributed by atoms with Gasteiger partial charge in [0.2, 0.25) is 0 Å². The first-order valence-corrected chi connectivity index (χ1v) is 5.59. The molecule has 2 unspecified atom stereocenters. The summed E-state index contributed by atoms with van der Waals surface area (Å²) in [5, 5.41) is 3.31. The first kappa shape index (κ1) is 12.2. The molecule has 0 saturated heterocycles. The maximum Gasteiger partial charge on any atom is 0.123 e. The fourth-order valence-corrected chi connectivity index (χ4v) is 2.03. The number of nitrogens with one attached hydrogen (secondary N) is 1. The minimum Gasteiger partial charge on any atom is -0.317 e. The highest BCUT2D eigenvalue weighted by atomic mass is 19.1. The largest absolute Gasteiger partial charge is 0.317 e. The highest BCUT2D eigenvalue weighted by molar-refractivity contribution is 5.16. The van der Waals surface area contributed by atoms with E-state index in [9.17, 15) is 4.39 Å². The van der Waals surface area contributed by atoms with Gasteiger partial charge in [-0.25, -0.2) is 4.39 Å². The van der Waals surface area contributed by atoms with Crippen molar-refractivity contribution in [1.29, 1.82) is 0 Å². The monoisotopic (exact) mass is 209 g/mol. The Balaban J connectivity index is 2.57. The molecule has 1 rings (SSSR count). The van der Waals surface area contributed by atoms with Crippen LogP contribution >= 0.6 is 0 Å². The zero-order valence-corrected chi connectivity index (χ0v) is 9.76. The van der Waals surface area contributed by atoms with Crippen LogP contribution in [-0.2, 0) is 6.42 Å². The molecule has 1 aromatic carbocycles. The molecule has 84 valence electrons. The highest BCUT2D eigenvalue weighted by Crippen LogP contribution is 2.14. The average molecular weight is 209 g/mol. The summed E-state index contributed by atoms with van der Waals surface area (Å²) in [4.78, 5) is 0. The lowest BCUT2D eigenvalue weighted by Gasteiger charge is -2.22. The molecule has 2 atom stereocenters. The summed E-state index contributed by atoms with van der Waals surface area (Å²) in [7, 11) is 2.00. The number of benzene rings is 1. The second kappa shape index (κ2) is 5.86. The van der Waals surface area contributed by atoms with E-state index in [2.05, 4.69) is 19.2 Å². The van der Waals surface area contributed by atoms with E-state index in [0.717, 1.165) is 12.8 Å². The third kappa shape index (κ3) is 3.63. The van der Waals surface area contributed by atoms with Crippen LogP contribution in [0.25, 0.3) is 0 Å². The van der Waals surface area contributed by atoms with Gasteiger partial charge in [0.1, 0.15) is 5.82 Å². The van der Waals surface area contributed by atoms with Gasteiger partial charge in [-0.3, -0.25) is 0 Å². The van der Waals surface area contributed by atoms with Crippen LogP contribution < -0.4 is 5.32 Å². The Kier molecular flexibility index (Phi) is 4.76. The molecule has 1 aromatic rings. The van der Waals surface area contributed by atoms with E-state index in [1.54, 1.807) is 0 Å². The molecule has 2 heteroatoms. The van der Waals surface area contributed by atoms with Gasteiger partial charge in [0.15, 0.2) is 0 Å². The lowest BCUT2D eigenvalue weighted by atomic mass is 9.92. The Morgan fingerprint density at radius 1 is 1.27 bits per heavy atom. The minimum absolute atomic E-state index is 0.160. The lowest BCUT2D eigenvalue weighted by Crippen LogP contribution is -2.32. The van der Waals surface area contributed by atoms with E-state index in [1.165, 1.54) is 17.7 Å². The van der Waals surface area contributed by atoms with Crippen molar-refractivity contribution in [2.24, 2.45) is 5.92 Å². The fraction of sp³-hybridized carbons (Fsp3) is 0.538. The Labute approximate surface area is 91.7 Å². The zero-order valence-electron chi connectivity index (χ0n) is 9.76. The Hall–Kier alpha value is -0.890. The van der Waals surface area contributed by atoms with Gasteiger partial charge in [0.25, 0.3) is 0 Å². The van der Waals surface area contributed by atoms with E-state index in [4.69, 9.17) is 0 Å². The third-order valence-electron chi connectivity index (χ3n) is 2.97. The molecule has 0 aliphatic carbocycles. The summed E-state index contributed by atoms with van der Waals surface area (Å²) in [6.45, 7) is 4.41. The lowest BCUT2D eigenvalue weighted by molar-refractivity contribution is 0.386. The molecule has 0 heterocycles. The van der Waals surface area contributed by atoms with Gasteiger partial charge >= 0.3 is 0 Å². The van der Waals surface area contributed by atoms with Crippen LogP contribution in [0.1, 0.15) is 25.8 Å². The normalized spacial score (nSPS) is 14.9. The Morgan fingerprint density at radius 2 is 1.87 bits per heavy atom. The van der Waals surface area contributed by atoms with Crippen LogP contribution in [0.2, 0.25) is 0 Å². The van der Waals surface area contributed by atoms with E-state index in [-0.39, 0.29) is 5.82 Å². The average Bonchev–Trinajstić information content (AvgIpc) is 2.23. The number of halogens is 1. The van der Waals surface area contributed by atoms with Gasteiger partial charge in [-0.05, 0) is 43.5 Å². The minimum atomic E-state index is -0.160. The molecule has 0 aromatic heterocycles. The summed E-state index contributed by atoms with van der Waals surface area (Å²) < 4.78 is 12.7. The Morgan fingerprint density at radius 3 is 2.33 bits per heavy atom. The molecule has 0 amide bonds. The van der Waals surface area contributed by atoms with E-state index >= 15 is 0 Å². The highest BCUT2D eigenvalue weighted by Gasteiger charge is 2.13. The van der Waals surface area contributed by atoms with Gasteiger partial charge in [0, 0.05) is 6.04 Å². The standard InChI is InChI=1S/C13H20FN/c1-4-13(15-3)10(2)9-11-5-7-12(14)8-6-11/h5-8,10,13,15H,4,9H2,1-3H3. The molecule has 15 heavy (non-hydrogen) atoms. The molecule has 0 saturated carbocycles. The quantitative estimate of drug-likeness (QED) is 0.786. The molecule has 0 aliphatic heterocycles. The van der Waals surface area contributed by atoms with Crippen LogP contribution in [0, 0.1) is 11.7 Å². The van der Waals surface area contributed by atoms with Crippen molar-refractivity contribution >= 4 is 0 Å².